The zero-order chi connectivity index (χ0) is 8.43. The van der Waals surface area contributed by atoms with Gasteiger partial charge in [0.2, 0.25) is 0 Å². The first kappa shape index (κ1) is 8.58. The van der Waals surface area contributed by atoms with Crippen molar-refractivity contribution in [2.75, 3.05) is 0 Å². The highest BCUT2D eigenvalue weighted by Crippen LogP contribution is 2.25. The van der Waals surface area contributed by atoms with Crippen LogP contribution in [-0.4, -0.2) is 0 Å². The fraction of sp³-hybridized carbons (Fsp3) is 0.125. The number of rotatable bonds is 0. The molecule has 0 bridgehead atoms. The molecule has 0 spiro atoms. The van der Waals surface area contributed by atoms with Crippen molar-refractivity contribution in [3.8, 4) is 6.07 Å². The number of hydrogen-bond donors (Lipinski definition) is 0. The molecule has 0 radical (unpaired) electrons. The first-order valence-electron chi connectivity index (χ1n) is 3.01. The Balaban J connectivity index is 3.44. The zero-order valence-electron chi connectivity index (χ0n) is 5.86. The molecule has 0 aliphatic heterocycles. The van der Waals surface area contributed by atoms with Crippen molar-refractivity contribution in [2.45, 2.75) is 6.92 Å². The maximum atomic E-state index is 8.67. The van der Waals surface area contributed by atoms with E-state index in [-0.39, 0.29) is 0 Å². The van der Waals surface area contributed by atoms with Crippen LogP contribution in [0.25, 0.3) is 0 Å². The van der Waals surface area contributed by atoms with Gasteiger partial charge in [0.15, 0.2) is 0 Å². The molecule has 0 aliphatic carbocycles. The summed E-state index contributed by atoms with van der Waals surface area (Å²) in [5.74, 6) is 0. The molecular formula is C8H5BrClN. The van der Waals surface area contributed by atoms with Crippen LogP contribution in [0.1, 0.15) is 11.1 Å². The lowest BCUT2D eigenvalue weighted by atomic mass is 10.1. The molecule has 0 aliphatic rings. The van der Waals surface area contributed by atoms with Gasteiger partial charge in [-0.2, -0.15) is 5.26 Å². The Morgan fingerprint density at radius 1 is 1.55 bits per heavy atom. The summed E-state index contributed by atoms with van der Waals surface area (Å²) in [4.78, 5) is 0. The highest BCUT2D eigenvalue weighted by Gasteiger charge is 2.04. The maximum absolute atomic E-state index is 8.67. The Bertz CT molecular complexity index is 328. The summed E-state index contributed by atoms with van der Waals surface area (Å²) in [5.41, 5.74) is 1.43. The van der Waals surface area contributed by atoms with Crippen molar-refractivity contribution in [2.24, 2.45) is 0 Å². The van der Waals surface area contributed by atoms with Crippen molar-refractivity contribution >= 4 is 27.5 Å². The van der Waals surface area contributed by atoms with Gasteiger partial charge in [-0.25, -0.2) is 0 Å². The number of halogens is 2. The molecule has 0 heterocycles. The first-order valence-corrected chi connectivity index (χ1v) is 4.18. The molecule has 1 rings (SSSR count). The summed E-state index contributed by atoms with van der Waals surface area (Å²) in [6.07, 6.45) is 0. The SMILES string of the molecule is Cc1c(Br)ccc(Cl)c1C#N. The molecule has 56 valence electrons. The molecule has 11 heavy (non-hydrogen) atoms. The van der Waals surface area contributed by atoms with Gasteiger partial charge in [-0.15, -0.1) is 0 Å². The number of benzene rings is 1. The molecule has 0 atom stereocenters. The predicted octanol–water partition coefficient (Wildman–Crippen LogP) is 3.28. The molecule has 0 saturated carbocycles. The van der Waals surface area contributed by atoms with Crippen LogP contribution >= 0.6 is 27.5 Å². The zero-order valence-corrected chi connectivity index (χ0v) is 8.20. The first-order chi connectivity index (χ1) is 5.16. The van der Waals surface area contributed by atoms with Gasteiger partial charge in [0.25, 0.3) is 0 Å². The van der Waals surface area contributed by atoms with Crippen LogP contribution in [0.2, 0.25) is 5.02 Å². The summed E-state index contributed by atoms with van der Waals surface area (Å²) in [6, 6.07) is 5.58. The van der Waals surface area contributed by atoms with Crippen LogP contribution in [0.5, 0.6) is 0 Å². The summed E-state index contributed by atoms with van der Waals surface area (Å²) in [7, 11) is 0. The molecular weight excluding hydrogens is 225 g/mol. The Morgan fingerprint density at radius 3 is 2.64 bits per heavy atom. The van der Waals surface area contributed by atoms with Crippen molar-refractivity contribution in [3.05, 3.63) is 32.8 Å². The fourth-order valence-corrected chi connectivity index (χ4v) is 1.37. The second-order valence-corrected chi connectivity index (χ2v) is 3.40. The van der Waals surface area contributed by atoms with Crippen molar-refractivity contribution in [1.29, 1.82) is 5.26 Å². The molecule has 1 nitrogen and oxygen atoms in total. The van der Waals surface area contributed by atoms with Gasteiger partial charge in [-0.1, -0.05) is 27.5 Å². The molecule has 0 fully saturated rings. The Morgan fingerprint density at radius 2 is 2.18 bits per heavy atom. The summed E-state index contributed by atoms with van der Waals surface area (Å²) >= 11 is 9.07. The van der Waals surface area contributed by atoms with Gasteiger partial charge < -0.3 is 0 Å². The third-order valence-electron chi connectivity index (χ3n) is 1.46. The van der Waals surface area contributed by atoms with E-state index in [0.717, 1.165) is 10.0 Å². The van der Waals surface area contributed by atoms with Gasteiger partial charge in [0.1, 0.15) is 6.07 Å². The lowest BCUT2D eigenvalue weighted by molar-refractivity contribution is 1.37. The summed E-state index contributed by atoms with van der Waals surface area (Å²) < 4.78 is 0.915. The third kappa shape index (κ3) is 1.55. The molecule has 0 aromatic heterocycles. The van der Waals surface area contributed by atoms with Crippen LogP contribution in [0, 0.1) is 18.3 Å². The Kier molecular flexibility index (Phi) is 2.53. The van der Waals surface area contributed by atoms with Crippen LogP contribution < -0.4 is 0 Å². The average Bonchev–Trinajstić information content (AvgIpc) is 1.99. The molecule has 3 heteroatoms. The normalized spacial score (nSPS) is 9.27. The maximum Gasteiger partial charge on any atom is 0.101 e. The van der Waals surface area contributed by atoms with Gasteiger partial charge >= 0.3 is 0 Å². The highest BCUT2D eigenvalue weighted by molar-refractivity contribution is 9.10. The topological polar surface area (TPSA) is 23.8 Å². The number of nitriles is 1. The van der Waals surface area contributed by atoms with E-state index in [4.69, 9.17) is 16.9 Å². The van der Waals surface area contributed by atoms with E-state index in [2.05, 4.69) is 15.9 Å². The van der Waals surface area contributed by atoms with E-state index in [0.29, 0.717) is 10.6 Å². The van der Waals surface area contributed by atoms with Gasteiger partial charge in [0.05, 0.1) is 10.6 Å². The Labute approximate surface area is 78.7 Å². The summed E-state index contributed by atoms with van der Waals surface area (Å²) in [6.45, 7) is 1.86. The third-order valence-corrected chi connectivity index (χ3v) is 2.63. The van der Waals surface area contributed by atoms with Gasteiger partial charge in [-0.3, -0.25) is 0 Å². The second kappa shape index (κ2) is 3.25. The second-order valence-electron chi connectivity index (χ2n) is 2.14. The van der Waals surface area contributed by atoms with Crippen molar-refractivity contribution in [1.82, 2.24) is 0 Å². The van der Waals surface area contributed by atoms with Crippen LogP contribution in [0.15, 0.2) is 16.6 Å². The largest absolute Gasteiger partial charge is 0.192 e. The smallest absolute Gasteiger partial charge is 0.101 e. The lowest BCUT2D eigenvalue weighted by Gasteiger charge is -2.00. The van der Waals surface area contributed by atoms with E-state index < -0.39 is 0 Å². The number of nitrogens with zero attached hydrogens (tertiary/aromatic N) is 1. The standard InChI is InChI=1S/C8H5BrClN/c1-5-6(4-11)8(10)3-2-7(5)9/h2-3H,1H3. The minimum Gasteiger partial charge on any atom is -0.192 e. The van der Waals surface area contributed by atoms with E-state index in [1.165, 1.54) is 0 Å². The van der Waals surface area contributed by atoms with E-state index in [9.17, 15) is 0 Å². The quantitative estimate of drug-likeness (QED) is 0.671. The molecule has 0 N–H and O–H groups in total. The van der Waals surface area contributed by atoms with Gasteiger partial charge in [-0.05, 0) is 24.6 Å². The Hall–Kier alpha value is -0.520. The van der Waals surface area contributed by atoms with Crippen LogP contribution in [0.4, 0.5) is 0 Å². The molecule has 1 aromatic rings. The molecule has 1 aromatic carbocycles. The van der Waals surface area contributed by atoms with E-state index in [1.807, 2.05) is 19.1 Å². The predicted molar refractivity (Wildman–Crippen MR) is 48.6 cm³/mol. The number of hydrogen-bond acceptors (Lipinski definition) is 1. The van der Waals surface area contributed by atoms with Gasteiger partial charge in [0, 0.05) is 4.47 Å². The van der Waals surface area contributed by atoms with Crippen molar-refractivity contribution in [3.63, 3.8) is 0 Å². The fourth-order valence-electron chi connectivity index (χ4n) is 0.790. The van der Waals surface area contributed by atoms with Crippen molar-refractivity contribution < 1.29 is 0 Å². The monoisotopic (exact) mass is 229 g/mol. The molecule has 0 unspecified atom stereocenters. The average molecular weight is 230 g/mol. The van der Waals surface area contributed by atoms with Crippen LogP contribution in [0.3, 0.4) is 0 Å². The van der Waals surface area contributed by atoms with E-state index >= 15 is 0 Å². The molecule has 0 saturated heterocycles. The van der Waals surface area contributed by atoms with Crippen LogP contribution in [-0.2, 0) is 0 Å². The van der Waals surface area contributed by atoms with E-state index in [1.54, 1.807) is 6.07 Å². The molecule has 0 amide bonds. The highest BCUT2D eigenvalue weighted by atomic mass is 79.9. The summed E-state index contributed by atoms with van der Waals surface area (Å²) in [5, 5.41) is 9.18. The lowest BCUT2D eigenvalue weighted by Crippen LogP contribution is -1.84. The minimum atomic E-state index is 0.508. The minimum absolute atomic E-state index is 0.508.